The Morgan fingerprint density at radius 1 is 1.00 bits per heavy atom. The first kappa shape index (κ1) is 36.7. The molecule has 1 heterocycles. The van der Waals surface area contributed by atoms with Gasteiger partial charge in [-0.15, -0.1) is 0 Å². The van der Waals surface area contributed by atoms with Gasteiger partial charge >= 0.3 is 165 Å². The van der Waals surface area contributed by atoms with Crippen molar-refractivity contribution in [2.75, 3.05) is 0 Å². The van der Waals surface area contributed by atoms with Crippen molar-refractivity contribution in [1.29, 1.82) is 0 Å². The molecule has 0 amide bonds. The Hall–Kier alpha value is 2.77. The third kappa shape index (κ3) is 16.7. The second kappa shape index (κ2) is 21.1. The van der Waals surface area contributed by atoms with E-state index in [2.05, 4.69) is 18.3 Å². The topological polar surface area (TPSA) is 226 Å². The van der Waals surface area contributed by atoms with E-state index >= 15 is 0 Å². The van der Waals surface area contributed by atoms with Crippen LogP contribution in [-0.4, -0.2) is 51.2 Å². The summed E-state index contributed by atoms with van der Waals surface area (Å²) in [5, 5.41) is 19.5. The summed E-state index contributed by atoms with van der Waals surface area (Å²) in [7, 11) is -4.86. The Kier molecular flexibility index (Phi) is 45.5. The van der Waals surface area contributed by atoms with Gasteiger partial charge in [-0.2, -0.15) is 0 Å². The molecule has 1 saturated heterocycles. The zero-order valence-corrected chi connectivity index (χ0v) is 15.4. The van der Waals surface area contributed by atoms with Crippen molar-refractivity contribution >= 4 is 29.3 Å². The van der Waals surface area contributed by atoms with Gasteiger partial charge in [0.15, 0.2) is 0 Å². The van der Waals surface area contributed by atoms with Crippen LogP contribution in [0.25, 0.3) is 0 Å². The van der Waals surface area contributed by atoms with Gasteiger partial charge in [-0.05, 0) is 0 Å². The average molecular weight is 305 g/mol. The molecule has 0 unspecified atom stereocenters. The van der Waals surface area contributed by atoms with Crippen LogP contribution in [0.15, 0.2) is 0 Å². The molecule has 0 spiro atoms. The SMILES string of the molecule is O.O.O.O.O=BOB1OB(OB([O-])[O-])O1.[K+].[K+]. The van der Waals surface area contributed by atoms with Crippen LogP contribution in [-0.2, 0) is 23.0 Å². The molecule has 0 aliphatic carbocycles. The number of rotatable bonds is 4. The smallest absolute Gasteiger partial charge is 1.00 e. The predicted octanol–water partition coefficient (Wildman–Crippen LogP) is -13.6. The Morgan fingerprint density at radius 3 is 1.71 bits per heavy atom. The zero-order valence-electron chi connectivity index (χ0n) is 9.17. The summed E-state index contributed by atoms with van der Waals surface area (Å²) in [6.07, 6.45) is 0. The predicted molar refractivity (Wildman–Crippen MR) is 42.5 cm³/mol. The Balaban J connectivity index is -0.0000000504. The first-order valence-corrected chi connectivity index (χ1v) is 2.59. The second-order valence-electron chi connectivity index (χ2n) is 1.51. The van der Waals surface area contributed by atoms with E-state index in [4.69, 9.17) is 0 Å². The fourth-order valence-corrected chi connectivity index (χ4v) is 0.456. The van der Waals surface area contributed by atoms with Gasteiger partial charge in [-0.1, -0.05) is 0 Å². The molecule has 17 heavy (non-hydrogen) atoms. The van der Waals surface area contributed by atoms with Crippen molar-refractivity contribution < 1.29 is 158 Å². The molecule has 1 rings (SSSR count). The average Bonchev–Trinajstić information content (AvgIpc) is 1.82. The minimum atomic E-state index is -2.47. The summed E-state index contributed by atoms with van der Waals surface area (Å²) in [4.78, 5) is 0. The summed E-state index contributed by atoms with van der Waals surface area (Å²) in [5.41, 5.74) is 0. The molecule has 11 nitrogen and oxygen atoms in total. The first-order valence-electron chi connectivity index (χ1n) is 2.59. The number of hydrogen-bond donors (Lipinski definition) is 0. The molecule has 1 fully saturated rings. The fraction of sp³-hybridized carbons (Fsp3) is 0. The molecule has 0 aromatic carbocycles. The van der Waals surface area contributed by atoms with Gasteiger partial charge in [0.25, 0.3) is 0 Å². The monoisotopic (exact) mass is 306 g/mol. The van der Waals surface area contributed by atoms with Crippen LogP contribution < -0.4 is 113 Å². The van der Waals surface area contributed by atoms with Crippen LogP contribution in [0.3, 0.4) is 0 Å². The molecule has 0 saturated carbocycles. The van der Waals surface area contributed by atoms with E-state index < -0.39 is 22.0 Å². The molecule has 0 aromatic heterocycles. The standard InChI is InChI=1S/B4O7.2K.4H2O/c5-1-8-3-10-4(11-3)9-2(6)7;;;;;;/h;;;4*1H2/q-2;2*+1;;;;. The summed E-state index contributed by atoms with van der Waals surface area (Å²) in [5.74, 6) is 0. The number of hydrogen-bond acceptors (Lipinski definition) is 7. The van der Waals surface area contributed by atoms with Gasteiger partial charge in [-0.25, -0.2) is 0 Å². The van der Waals surface area contributed by atoms with Gasteiger partial charge in [0, 0.05) is 0 Å². The van der Waals surface area contributed by atoms with E-state index in [1.54, 1.807) is 0 Å². The molecule has 1 aliphatic rings. The molecule has 0 atom stereocenters. The molecule has 0 aromatic rings. The molecular formula is H8B4K2O11. The van der Waals surface area contributed by atoms with E-state index in [0.717, 1.165) is 0 Å². The van der Waals surface area contributed by atoms with Gasteiger partial charge in [0.2, 0.25) is 0 Å². The quantitative estimate of drug-likeness (QED) is 0.454. The van der Waals surface area contributed by atoms with Gasteiger partial charge in [0.05, 0.1) is 0 Å². The van der Waals surface area contributed by atoms with Crippen LogP contribution in [0.4, 0.5) is 0 Å². The van der Waals surface area contributed by atoms with Crippen LogP contribution in [0.1, 0.15) is 0 Å². The van der Waals surface area contributed by atoms with E-state index in [-0.39, 0.29) is 132 Å². The molecule has 0 radical (unpaired) electrons. The third-order valence-electron chi connectivity index (χ3n) is 0.833. The van der Waals surface area contributed by atoms with Crippen molar-refractivity contribution in [3.05, 3.63) is 0 Å². The minimum Gasteiger partial charge on any atom is 1.00 e. The largest absolute Gasteiger partial charge is 1.00 e. The first-order chi connectivity index (χ1) is 5.22. The van der Waals surface area contributed by atoms with Crippen molar-refractivity contribution in [3.63, 3.8) is 0 Å². The summed E-state index contributed by atoms with van der Waals surface area (Å²) in [6, 6.07) is 0. The fourth-order valence-electron chi connectivity index (χ4n) is 0.456. The van der Waals surface area contributed by atoms with Crippen LogP contribution >= 0.6 is 0 Å². The molecule has 88 valence electrons. The maximum Gasteiger partial charge on any atom is 1.00 e. The molecular weight excluding hydrogens is 297 g/mol. The maximum atomic E-state index is 9.75. The molecule has 1 aliphatic heterocycles. The maximum absolute atomic E-state index is 9.75. The normalized spacial score (nSPS) is 10.0. The Morgan fingerprint density at radius 2 is 1.41 bits per heavy atom. The van der Waals surface area contributed by atoms with E-state index in [0.29, 0.717) is 0 Å². The van der Waals surface area contributed by atoms with Crippen LogP contribution in [0.2, 0.25) is 0 Å². The van der Waals surface area contributed by atoms with Crippen molar-refractivity contribution in [2.24, 2.45) is 0 Å². The summed E-state index contributed by atoms with van der Waals surface area (Å²) < 4.78 is 26.4. The van der Waals surface area contributed by atoms with E-state index in [9.17, 15) is 14.8 Å². The van der Waals surface area contributed by atoms with Crippen molar-refractivity contribution in [3.8, 4) is 0 Å². The van der Waals surface area contributed by atoms with E-state index in [1.807, 2.05) is 0 Å². The van der Waals surface area contributed by atoms with Crippen LogP contribution in [0, 0.1) is 0 Å². The minimum absolute atomic E-state index is 0. The Bertz CT molecular complexity index is 139. The summed E-state index contributed by atoms with van der Waals surface area (Å²) >= 11 is 0. The van der Waals surface area contributed by atoms with Gasteiger partial charge < -0.3 is 21.9 Å². The Labute approximate surface area is 183 Å². The summed E-state index contributed by atoms with van der Waals surface area (Å²) in [6.45, 7) is 0. The van der Waals surface area contributed by atoms with Gasteiger partial charge in [0.1, 0.15) is 0 Å². The third-order valence-corrected chi connectivity index (χ3v) is 0.833. The van der Waals surface area contributed by atoms with Crippen molar-refractivity contribution in [1.82, 2.24) is 0 Å². The zero-order chi connectivity index (χ0) is 8.27. The molecule has 8 N–H and O–H groups in total. The molecule has 17 heteroatoms. The van der Waals surface area contributed by atoms with E-state index in [1.165, 1.54) is 0 Å². The van der Waals surface area contributed by atoms with Gasteiger partial charge in [-0.3, -0.25) is 0 Å². The van der Waals surface area contributed by atoms with Crippen LogP contribution in [0.5, 0.6) is 0 Å². The van der Waals surface area contributed by atoms with Crippen molar-refractivity contribution in [2.45, 2.75) is 0 Å². The molecule has 0 bridgehead atoms. The second-order valence-corrected chi connectivity index (χ2v) is 1.51.